The van der Waals surface area contributed by atoms with Crippen molar-refractivity contribution in [3.8, 4) is 0 Å². The topological polar surface area (TPSA) is 58.2 Å². The second-order valence-electron chi connectivity index (χ2n) is 7.64. The number of rotatable bonds is 21. The first-order valence-corrected chi connectivity index (χ1v) is 11.5. The molecule has 0 bridgehead atoms. The number of unbranched alkanes of at least 4 members (excludes halogenated alkanes) is 13. The molecular formula is C24H44N2O2. The van der Waals surface area contributed by atoms with Crippen molar-refractivity contribution >= 4 is 11.8 Å². The summed E-state index contributed by atoms with van der Waals surface area (Å²) in [6, 6.07) is 0. The Hall–Kier alpha value is -1.58. The van der Waals surface area contributed by atoms with Crippen LogP contribution in [0.3, 0.4) is 0 Å². The van der Waals surface area contributed by atoms with Gasteiger partial charge < -0.3 is 10.6 Å². The molecule has 162 valence electrons. The second kappa shape index (κ2) is 21.7. The fourth-order valence-electron chi connectivity index (χ4n) is 3.24. The maximum absolute atomic E-state index is 11.4. The van der Waals surface area contributed by atoms with Crippen LogP contribution in [0.5, 0.6) is 0 Å². The molecule has 0 aliphatic rings. The summed E-state index contributed by atoms with van der Waals surface area (Å²) in [6.45, 7) is 8.34. The van der Waals surface area contributed by atoms with Crippen LogP contribution in [0, 0.1) is 0 Å². The van der Waals surface area contributed by atoms with Crippen molar-refractivity contribution in [3.05, 3.63) is 25.3 Å². The summed E-state index contributed by atoms with van der Waals surface area (Å²) in [5, 5.41) is 5.63. The van der Waals surface area contributed by atoms with E-state index in [-0.39, 0.29) is 11.8 Å². The minimum atomic E-state index is 0.147. The summed E-state index contributed by atoms with van der Waals surface area (Å²) < 4.78 is 0. The van der Waals surface area contributed by atoms with Gasteiger partial charge in [0, 0.05) is 25.9 Å². The van der Waals surface area contributed by atoms with Crippen LogP contribution in [0.2, 0.25) is 0 Å². The molecule has 4 nitrogen and oxygen atoms in total. The van der Waals surface area contributed by atoms with E-state index in [1.165, 1.54) is 64.2 Å². The standard InChI is InChI=1S/C24H44N2O2/c1-3-21-25-23(27)19-17-15-13-11-9-7-5-6-8-10-12-14-16-18-20-24(28)26-22-4-2/h3-4H,1-2,5-22H2,(H,25,27)(H,26,28). The molecule has 0 heterocycles. The van der Waals surface area contributed by atoms with Crippen molar-refractivity contribution in [2.75, 3.05) is 13.1 Å². The van der Waals surface area contributed by atoms with Crippen molar-refractivity contribution in [2.24, 2.45) is 0 Å². The van der Waals surface area contributed by atoms with Crippen molar-refractivity contribution < 1.29 is 9.59 Å². The first kappa shape index (κ1) is 26.4. The Labute approximate surface area is 173 Å². The lowest BCUT2D eigenvalue weighted by molar-refractivity contribution is -0.121. The Morgan fingerprint density at radius 1 is 0.500 bits per heavy atom. The lowest BCUT2D eigenvalue weighted by atomic mass is 10.0. The van der Waals surface area contributed by atoms with Crippen LogP contribution in [0.15, 0.2) is 25.3 Å². The van der Waals surface area contributed by atoms with Crippen molar-refractivity contribution in [1.82, 2.24) is 10.6 Å². The Kier molecular flexibility index (Phi) is 20.5. The number of amides is 2. The van der Waals surface area contributed by atoms with E-state index in [1.54, 1.807) is 12.2 Å². The van der Waals surface area contributed by atoms with Crippen LogP contribution >= 0.6 is 0 Å². The number of carbonyl (C=O) groups is 2. The molecule has 0 aliphatic heterocycles. The average Bonchev–Trinajstić information content (AvgIpc) is 2.70. The summed E-state index contributed by atoms with van der Waals surface area (Å²) in [7, 11) is 0. The third-order valence-corrected chi connectivity index (χ3v) is 4.94. The van der Waals surface area contributed by atoms with Crippen molar-refractivity contribution in [1.29, 1.82) is 0 Å². The molecule has 0 saturated carbocycles. The molecule has 0 spiro atoms. The molecule has 0 rings (SSSR count). The number of nitrogens with one attached hydrogen (secondary N) is 2. The maximum Gasteiger partial charge on any atom is 0.220 e. The quantitative estimate of drug-likeness (QED) is 0.191. The molecule has 0 aliphatic carbocycles. The number of hydrogen-bond acceptors (Lipinski definition) is 2. The van der Waals surface area contributed by atoms with Crippen LogP contribution in [-0.4, -0.2) is 24.9 Å². The zero-order valence-corrected chi connectivity index (χ0v) is 18.1. The summed E-state index contributed by atoms with van der Waals surface area (Å²) in [4.78, 5) is 22.8. The van der Waals surface area contributed by atoms with Crippen LogP contribution in [0.1, 0.15) is 103 Å². The third kappa shape index (κ3) is 20.7. The third-order valence-electron chi connectivity index (χ3n) is 4.94. The zero-order chi connectivity index (χ0) is 20.7. The van der Waals surface area contributed by atoms with Gasteiger partial charge in [-0.05, 0) is 12.8 Å². The van der Waals surface area contributed by atoms with E-state index in [4.69, 9.17) is 0 Å². The van der Waals surface area contributed by atoms with Gasteiger partial charge in [-0.3, -0.25) is 9.59 Å². The van der Waals surface area contributed by atoms with Gasteiger partial charge in [0.1, 0.15) is 0 Å². The summed E-state index contributed by atoms with van der Waals surface area (Å²) in [5.74, 6) is 0.294. The Balaban J connectivity index is 3.14. The Morgan fingerprint density at radius 3 is 1.00 bits per heavy atom. The smallest absolute Gasteiger partial charge is 0.220 e. The van der Waals surface area contributed by atoms with Crippen LogP contribution in [0.4, 0.5) is 0 Å². The van der Waals surface area contributed by atoms with Gasteiger partial charge in [-0.15, -0.1) is 13.2 Å². The molecule has 2 amide bonds. The molecule has 4 heteroatoms. The normalized spacial score (nSPS) is 10.4. The highest BCUT2D eigenvalue weighted by Gasteiger charge is 2.00. The minimum Gasteiger partial charge on any atom is -0.353 e. The van der Waals surface area contributed by atoms with Gasteiger partial charge in [0.25, 0.3) is 0 Å². The first-order valence-electron chi connectivity index (χ1n) is 11.5. The van der Waals surface area contributed by atoms with E-state index in [1.807, 2.05) is 0 Å². The average molecular weight is 393 g/mol. The molecule has 0 aromatic rings. The van der Waals surface area contributed by atoms with E-state index in [0.717, 1.165) is 25.7 Å². The predicted molar refractivity (Wildman–Crippen MR) is 120 cm³/mol. The predicted octanol–water partition coefficient (Wildman–Crippen LogP) is 5.83. The van der Waals surface area contributed by atoms with Crippen LogP contribution < -0.4 is 10.6 Å². The molecule has 0 fully saturated rings. The SMILES string of the molecule is C=CCNC(=O)CCCCCCCCCCCCCCCCC(=O)NCC=C. The van der Waals surface area contributed by atoms with Gasteiger partial charge in [-0.25, -0.2) is 0 Å². The van der Waals surface area contributed by atoms with Gasteiger partial charge in [-0.1, -0.05) is 89.2 Å². The number of hydrogen-bond donors (Lipinski definition) is 2. The van der Waals surface area contributed by atoms with Crippen molar-refractivity contribution in [3.63, 3.8) is 0 Å². The molecule has 2 N–H and O–H groups in total. The zero-order valence-electron chi connectivity index (χ0n) is 18.1. The lowest BCUT2D eigenvalue weighted by Gasteiger charge is -2.04. The molecule has 0 unspecified atom stereocenters. The highest BCUT2D eigenvalue weighted by Crippen LogP contribution is 2.13. The maximum atomic E-state index is 11.4. The Bertz CT molecular complexity index is 369. The summed E-state index contributed by atoms with van der Waals surface area (Å²) in [6.07, 6.45) is 22.2. The monoisotopic (exact) mass is 392 g/mol. The largest absolute Gasteiger partial charge is 0.353 e. The van der Waals surface area contributed by atoms with Gasteiger partial charge in [0.05, 0.1) is 0 Å². The number of carbonyl (C=O) groups excluding carboxylic acids is 2. The van der Waals surface area contributed by atoms with Gasteiger partial charge in [0.15, 0.2) is 0 Å². The molecule has 0 aromatic carbocycles. The lowest BCUT2D eigenvalue weighted by Crippen LogP contribution is -2.22. The highest BCUT2D eigenvalue weighted by atomic mass is 16.2. The molecule has 28 heavy (non-hydrogen) atoms. The van der Waals surface area contributed by atoms with Crippen LogP contribution in [-0.2, 0) is 9.59 Å². The van der Waals surface area contributed by atoms with Crippen LogP contribution in [0.25, 0.3) is 0 Å². The minimum absolute atomic E-state index is 0.147. The van der Waals surface area contributed by atoms with E-state index in [9.17, 15) is 9.59 Å². The summed E-state index contributed by atoms with van der Waals surface area (Å²) in [5.41, 5.74) is 0. The summed E-state index contributed by atoms with van der Waals surface area (Å²) >= 11 is 0. The molecular weight excluding hydrogens is 348 g/mol. The first-order chi connectivity index (χ1) is 13.7. The Morgan fingerprint density at radius 2 is 0.750 bits per heavy atom. The van der Waals surface area contributed by atoms with Gasteiger partial charge in [0.2, 0.25) is 11.8 Å². The molecule has 0 radical (unpaired) electrons. The second-order valence-corrected chi connectivity index (χ2v) is 7.64. The molecule has 0 saturated heterocycles. The van der Waals surface area contributed by atoms with E-state index >= 15 is 0 Å². The molecule has 0 atom stereocenters. The fraction of sp³-hybridized carbons (Fsp3) is 0.750. The fourth-order valence-corrected chi connectivity index (χ4v) is 3.24. The van der Waals surface area contributed by atoms with E-state index < -0.39 is 0 Å². The molecule has 0 aromatic heterocycles. The van der Waals surface area contributed by atoms with Gasteiger partial charge >= 0.3 is 0 Å². The highest BCUT2D eigenvalue weighted by molar-refractivity contribution is 5.76. The van der Waals surface area contributed by atoms with E-state index in [2.05, 4.69) is 23.8 Å². The van der Waals surface area contributed by atoms with Gasteiger partial charge in [-0.2, -0.15) is 0 Å². The van der Waals surface area contributed by atoms with Crippen molar-refractivity contribution in [2.45, 2.75) is 103 Å². The van der Waals surface area contributed by atoms with E-state index in [0.29, 0.717) is 25.9 Å².